The Morgan fingerprint density at radius 1 is 1.13 bits per heavy atom. The fraction of sp³-hybridized carbons (Fsp3) is 0.296. The van der Waals surface area contributed by atoms with Gasteiger partial charge in [0.15, 0.2) is 0 Å². The van der Waals surface area contributed by atoms with Crippen molar-refractivity contribution in [3.05, 3.63) is 75.4 Å². The third kappa shape index (κ3) is 5.86. The van der Waals surface area contributed by atoms with Crippen molar-refractivity contribution in [3.63, 3.8) is 0 Å². The van der Waals surface area contributed by atoms with Gasteiger partial charge in [-0.15, -0.1) is 0 Å². The van der Waals surface area contributed by atoms with Crippen molar-refractivity contribution in [1.82, 2.24) is 24.6 Å². The van der Waals surface area contributed by atoms with Gasteiger partial charge in [-0.1, -0.05) is 23.7 Å². The van der Waals surface area contributed by atoms with E-state index in [9.17, 15) is 14.4 Å². The van der Waals surface area contributed by atoms with Crippen LogP contribution in [0.2, 0.25) is 5.02 Å². The number of ether oxygens (including phenoxy) is 2. The molecule has 0 saturated heterocycles. The molecule has 0 spiro atoms. The van der Waals surface area contributed by atoms with Crippen LogP contribution in [0.25, 0.3) is 22.2 Å². The number of pyridine rings is 2. The van der Waals surface area contributed by atoms with Crippen molar-refractivity contribution in [1.29, 1.82) is 0 Å². The third-order valence-corrected chi connectivity index (χ3v) is 5.86. The Morgan fingerprint density at radius 3 is 2.45 bits per heavy atom. The molecule has 0 aliphatic rings. The molecule has 1 amide bonds. The number of benzene rings is 1. The van der Waals surface area contributed by atoms with Crippen molar-refractivity contribution in [2.24, 2.45) is 7.05 Å². The maximum Gasteiger partial charge on any atom is 0.326 e. The lowest BCUT2D eigenvalue weighted by atomic mass is 10.1. The zero-order valence-electron chi connectivity index (χ0n) is 21.7. The molecule has 198 valence electrons. The van der Waals surface area contributed by atoms with E-state index in [-0.39, 0.29) is 17.8 Å². The molecule has 4 aromatic rings. The lowest BCUT2D eigenvalue weighted by Gasteiger charge is -2.21. The standard InChI is InChI=1S/C27H28ClN5O5/c1-27(2,3)38-22(34)15-33-24-19(23(37-5)21(13-29-24)17-12-31-32(4)14-17)10-20(26(33)36)25(35)30-11-16-6-8-18(28)9-7-16/h6-10,12-14H,11,15H2,1-5H3,(H,30,35). The number of halogens is 1. The molecular weight excluding hydrogens is 510 g/mol. The molecule has 1 aromatic carbocycles. The highest BCUT2D eigenvalue weighted by atomic mass is 35.5. The van der Waals surface area contributed by atoms with Crippen LogP contribution in [0.5, 0.6) is 5.75 Å². The van der Waals surface area contributed by atoms with Crippen molar-refractivity contribution in [2.45, 2.75) is 39.5 Å². The lowest BCUT2D eigenvalue weighted by Crippen LogP contribution is -2.36. The van der Waals surface area contributed by atoms with Crippen LogP contribution < -0.4 is 15.6 Å². The molecule has 0 radical (unpaired) electrons. The molecule has 38 heavy (non-hydrogen) atoms. The van der Waals surface area contributed by atoms with Crippen molar-refractivity contribution < 1.29 is 19.1 Å². The molecular formula is C27H28ClN5O5. The predicted octanol–water partition coefficient (Wildman–Crippen LogP) is 3.73. The van der Waals surface area contributed by atoms with E-state index in [1.165, 1.54) is 13.2 Å². The number of carbonyl (C=O) groups excluding carboxylic acids is 2. The first-order valence-electron chi connectivity index (χ1n) is 11.8. The topological polar surface area (TPSA) is 117 Å². The summed E-state index contributed by atoms with van der Waals surface area (Å²) in [6.07, 6.45) is 4.99. The summed E-state index contributed by atoms with van der Waals surface area (Å²) in [5.41, 5.74) is 0.720. The van der Waals surface area contributed by atoms with Crippen LogP contribution in [0.1, 0.15) is 36.7 Å². The molecule has 0 aliphatic carbocycles. The molecule has 0 atom stereocenters. The summed E-state index contributed by atoms with van der Waals surface area (Å²) in [4.78, 5) is 44.0. The molecule has 0 unspecified atom stereocenters. The highest BCUT2D eigenvalue weighted by Gasteiger charge is 2.24. The van der Waals surface area contributed by atoms with E-state index < -0.39 is 29.6 Å². The molecule has 11 heteroatoms. The molecule has 0 aliphatic heterocycles. The first kappa shape index (κ1) is 26.9. The zero-order chi connectivity index (χ0) is 27.6. The minimum Gasteiger partial charge on any atom is -0.495 e. The predicted molar refractivity (Wildman–Crippen MR) is 143 cm³/mol. The number of fused-ring (bicyclic) bond motifs is 1. The third-order valence-electron chi connectivity index (χ3n) is 5.60. The number of rotatable bonds is 7. The van der Waals surface area contributed by atoms with E-state index in [0.717, 1.165) is 15.7 Å². The summed E-state index contributed by atoms with van der Waals surface area (Å²) in [6.45, 7) is 4.92. The van der Waals surface area contributed by atoms with E-state index in [1.807, 2.05) is 0 Å². The number of amides is 1. The quantitative estimate of drug-likeness (QED) is 0.357. The van der Waals surface area contributed by atoms with Crippen molar-refractivity contribution in [3.8, 4) is 16.9 Å². The molecule has 1 N–H and O–H groups in total. The highest BCUT2D eigenvalue weighted by Crippen LogP contribution is 2.35. The van der Waals surface area contributed by atoms with Gasteiger partial charge >= 0.3 is 5.97 Å². The van der Waals surface area contributed by atoms with Crippen LogP contribution >= 0.6 is 11.6 Å². The lowest BCUT2D eigenvalue weighted by molar-refractivity contribution is -0.155. The molecule has 0 bridgehead atoms. The monoisotopic (exact) mass is 537 g/mol. The first-order valence-corrected chi connectivity index (χ1v) is 12.2. The fourth-order valence-corrected chi connectivity index (χ4v) is 4.10. The van der Waals surface area contributed by atoms with Gasteiger partial charge < -0.3 is 14.8 Å². The van der Waals surface area contributed by atoms with Gasteiger partial charge in [-0.2, -0.15) is 5.10 Å². The van der Waals surface area contributed by atoms with Crippen LogP contribution in [0.15, 0.2) is 53.7 Å². The Labute approximate surface area is 224 Å². The summed E-state index contributed by atoms with van der Waals surface area (Å²) in [5, 5.41) is 7.92. The van der Waals surface area contributed by atoms with E-state index in [4.69, 9.17) is 21.1 Å². The number of methoxy groups -OCH3 is 1. The van der Waals surface area contributed by atoms with Gasteiger partial charge in [-0.25, -0.2) is 4.98 Å². The van der Waals surface area contributed by atoms with Crippen LogP contribution in [-0.4, -0.2) is 43.9 Å². The Balaban J connectivity index is 1.83. The zero-order valence-corrected chi connectivity index (χ0v) is 22.5. The number of aromatic nitrogens is 4. The Morgan fingerprint density at radius 2 is 1.84 bits per heavy atom. The largest absolute Gasteiger partial charge is 0.495 e. The minimum absolute atomic E-state index is 0.168. The molecule has 0 fully saturated rings. The molecule has 4 rings (SSSR count). The Hall–Kier alpha value is -4.18. The number of aryl methyl sites for hydroxylation is 1. The van der Waals surface area contributed by atoms with Gasteiger partial charge in [-0.3, -0.25) is 23.6 Å². The van der Waals surface area contributed by atoms with E-state index in [2.05, 4.69) is 15.4 Å². The number of carbonyl (C=O) groups is 2. The average Bonchev–Trinajstić information content (AvgIpc) is 3.29. The number of hydrogen-bond donors (Lipinski definition) is 1. The summed E-state index contributed by atoms with van der Waals surface area (Å²) in [7, 11) is 3.27. The normalized spacial score (nSPS) is 11.4. The maximum absolute atomic E-state index is 13.5. The van der Waals surface area contributed by atoms with E-state index in [1.54, 1.807) is 75.4 Å². The second kappa shape index (κ2) is 10.7. The van der Waals surface area contributed by atoms with E-state index in [0.29, 0.717) is 21.7 Å². The van der Waals surface area contributed by atoms with Gasteiger partial charge in [0.25, 0.3) is 11.5 Å². The minimum atomic E-state index is -0.761. The van der Waals surface area contributed by atoms with Gasteiger partial charge in [0.05, 0.1) is 18.7 Å². The summed E-state index contributed by atoms with van der Waals surface area (Å²) >= 11 is 5.94. The SMILES string of the molecule is COc1c(-c2cnn(C)c2)cnc2c1cc(C(=O)NCc1ccc(Cl)cc1)c(=O)n2CC(=O)OC(C)(C)C. The number of hydrogen-bond acceptors (Lipinski definition) is 7. The number of nitrogens with zero attached hydrogens (tertiary/aromatic N) is 4. The van der Waals surface area contributed by atoms with Crippen LogP contribution in [-0.2, 0) is 29.7 Å². The molecule has 3 heterocycles. The highest BCUT2D eigenvalue weighted by molar-refractivity contribution is 6.30. The van der Waals surface area contributed by atoms with Crippen LogP contribution in [0.3, 0.4) is 0 Å². The number of nitrogens with one attached hydrogen (secondary N) is 1. The summed E-state index contributed by atoms with van der Waals surface area (Å²) in [5.74, 6) is -0.872. The maximum atomic E-state index is 13.5. The summed E-state index contributed by atoms with van der Waals surface area (Å²) < 4.78 is 13.9. The number of esters is 1. The van der Waals surface area contributed by atoms with Crippen LogP contribution in [0.4, 0.5) is 0 Å². The van der Waals surface area contributed by atoms with Gasteiger partial charge in [0, 0.05) is 42.1 Å². The fourth-order valence-electron chi connectivity index (χ4n) is 3.97. The van der Waals surface area contributed by atoms with Crippen LogP contribution in [0, 0.1) is 0 Å². The molecule has 3 aromatic heterocycles. The second-order valence-electron chi connectivity index (χ2n) is 9.69. The average molecular weight is 538 g/mol. The first-order chi connectivity index (χ1) is 18.0. The molecule has 10 nitrogen and oxygen atoms in total. The summed E-state index contributed by atoms with van der Waals surface area (Å²) in [6, 6.07) is 8.41. The van der Waals surface area contributed by atoms with Gasteiger partial charge in [0.1, 0.15) is 29.1 Å². The van der Waals surface area contributed by atoms with Gasteiger partial charge in [0.2, 0.25) is 0 Å². The van der Waals surface area contributed by atoms with E-state index >= 15 is 0 Å². The van der Waals surface area contributed by atoms with Crippen molar-refractivity contribution >= 4 is 34.5 Å². The Bertz CT molecular complexity index is 1570. The smallest absolute Gasteiger partial charge is 0.326 e. The van der Waals surface area contributed by atoms with Gasteiger partial charge in [-0.05, 0) is 44.5 Å². The Kier molecular flexibility index (Phi) is 7.54. The molecule has 0 saturated carbocycles. The second-order valence-corrected chi connectivity index (χ2v) is 10.1. The van der Waals surface area contributed by atoms with Crippen molar-refractivity contribution in [2.75, 3.05) is 7.11 Å².